The Labute approximate surface area is 99.9 Å². The number of rotatable bonds is 3. The molecule has 1 unspecified atom stereocenters. The lowest BCUT2D eigenvalue weighted by Crippen LogP contribution is -2.24. The zero-order chi connectivity index (χ0) is 11.7. The fourth-order valence-corrected chi connectivity index (χ4v) is 2.24. The maximum absolute atomic E-state index is 5.57. The second-order valence-corrected chi connectivity index (χ2v) is 4.31. The molecule has 3 N–H and O–H groups in total. The van der Waals surface area contributed by atoms with Gasteiger partial charge in [0.15, 0.2) is 0 Å². The maximum Gasteiger partial charge on any atom is 0.146 e. The zero-order valence-electron chi connectivity index (χ0n) is 9.43. The molecule has 1 aliphatic rings. The summed E-state index contributed by atoms with van der Waals surface area (Å²) in [6.45, 7) is 0.884. The van der Waals surface area contributed by atoms with Crippen LogP contribution < -0.4 is 11.1 Å². The van der Waals surface area contributed by atoms with Gasteiger partial charge in [0.25, 0.3) is 0 Å². The van der Waals surface area contributed by atoms with E-state index in [1.165, 1.54) is 11.1 Å². The fraction of sp³-hybridized carbons (Fsp3) is 0.231. The number of hydrogen-bond donors (Lipinski definition) is 2. The molecule has 0 bridgehead atoms. The Balaban J connectivity index is 1.64. The average molecular weight is 226 g/mol. The third-order valence-electron chi connectivity index (χ3n) is 3.14. The molecule has 0 fully saturated rings. The van der Waals surface area contributed by atoms with Gasteiger partial charge in [0, 0.05) is 12.5 Å². The van der Waals surface area contributed by atoms with Crippen LogP contribution in [-0.2, 0) is 6.42 Å². The predicted octanol–water partition coefficient (Wildman–Crippen LogP) is 1.81. The van der Waals surface area contributed by atoms with Gasteiger partial charge in [0.2, 0.25) is 0 Å². The molecule has 1 heterocycles. The molecular formula is C13H14N4. The molecule has 1 atom stereocenters. The van der Waals surface area contributed by atoms with Crippen molar-refractivity contribution in [2.75, 3.05) is 17.6 Å². The van der Waals surface area contributed by atoms with Crippen LogP contribution in [0.25, 0.3) is 0 Å². The normalized spacial score (nSPS) is 17.1. The monoisotopic (exact) mass is 226 g/mol. The van der Waals surface area contributed by atoms with E-state index in [1.807, 2.05) is 0 Å². The van der Waals surface area contributed by atoms with Crippen LogP contribution in [0.4, 0.5) is 11.6 Å². The highest BCUT2D eigenvalue weighted by Crippen LogP contribution is 2.34. The van der Waals surface area contributed by atoms with Crippen LogP contribution in [0.2, 0.25) is 0 Å². The Bertz CT molecular complexity index is 538. The van der Waals surface area contributed by atoms with Crippen molar-refractivity contribution in [2.45, 2.75) is 12.3 Å². The third-order valence-corrected chi connectivity index (χ3v) is 3.14. The van der Waals surface area contributed by atoms with E-state index in [0.29, 0.717) is 11.7 Å². The van der Waals surface area contributed by atoms with Crippen molar-refractivity contribution in [1.29, 1.82) is 0 Å². The smallest absolute Gasteiger partial charge is 0.146 e. The van der Waals surface area contributed by atoms with Crippen molar-refractivity contribution in [1.82, 2.24) is 9.97 Å². The molecule has 17 heavy (non-hydrogen) atoms. The molecule has 0 spiro atoms. The van der Waals surface area contributed by atoms with Crippen LogP contribution in [0.15, 0.2) is 36.7 Å². The summed E-state index contributed by atoms with van der Waals surface area (Å²) in [5.74, 6) is 1.77. The van der Waals surface area contributed by atoms with Crippen LogP contribution in [-0.4, -0.2) is 16.5 Å². The first-order chi connectivity index (χ1) is 8.33. The number of fused-ring (bicyclic) bond motifs is 1. The first-order valence-electron chi connectivity index (χ1n) is 5.72. The highest BCUT2D eigenvalue weighted by Gasteiger charge is 2.24. The molecule has 1 aromatic carbocycles. The van der Waals surface area contributed by atoms with Crippen LogP contribution in [0, 0.1) is 0 Å². The van der Waals surface area contributed by atoms with Gasteiger partial charge in [0.1, 0.15) is 11.6 Å². The minimum absolute atomic E-state index is 0.448. The molecule has 0 saturated carbocycles. The molecule has 0 saturated heterocycles. The van der Waals surface area contributed by atoms with Gasteiger partial charge in [-0.2, -0.15) is 0 Å². The quantitative estimate of drug-likeness (QED) is 0.837. The van der Waals surface area contributed by atoms with Crippen molar-refractivity contribution < 1.29 is 0 Å². The Kier molecular flexibility index (Phi) is 2.40. The summed E-state index contributed by atoms with van der Waals surface area (Å²) in [6.07, 6.45) is 4.38. The van der Waals surface area contributed by atoms with E-state index >= 15 is 0 Å². The number of nitrogens with one attached hydrogen (secondary N) is 1. The molecule has 86 valence electrons. The Morgan fingerprint density at radius 1 is 1.29 bits per heavy atom. The van der Waals surface area contributed by atoms with Crippen molar-refractivity contribution in [3.63, 3.8) is 0 Å². The summed E-state index contributed by atoms with van der Waals surface area (Å²) in [4.78, 5) is 8.16. The summed E-state index contributed by atoms with van der Waals surface area (Å²) in [7, 11) is 0. The van der Waals surface area contributed by atoms with Gasteiger partial charge in [-0.05, 0) is 17.5 Å². The summed E-state index contributed by atoms with van der Waals surface area (Å²) < 4.78 is 0. The lowest BCUT2D eigenvalue weighted by atomic mass is 9.78. The van der Waals surface area contributed by atoms with Gasteiger partial charge in [-0.25, -0.2) is 4.98 Å². The topological polar surface area (TPSA) is 63.8 Å². The number of benzene rings is 1. The second kappa shape index (κ2) is 4.05. The summed E-state index contributed by atoms with van der Waals surface area (Å²) in [6, 6.07) is 8.56. The minimum Gasteiger partial charge on any atom is -0.382 e. The fourth-order valence-electron chi connectivity index (χ4n) is 2.24. The number of nitrogens with zero attached hydrogens (tertiary/aromatic N) is 2. The second-order valence-electron chi connectivity index (χ2n) is 4.31. The van der Waals surface area contributed by atoms with Gasteiger partial charge >= 0.3 is 0 Å². The molecular weight excluding hydrogens is 212 g/mol. The van der Waals surface area contributed by atoms with E-state index in [9.17, 15) is 0 Å². The van der Waals surface area contributed by atoms with Gasteiger partial charge in [0.05, 0.1) is 12.4 Å². The first kappa shape index (κ1) is 10.1. The average Bonchev–Trinajstić information content (AvgIpc) is 2.30. The molecule has 0 radical (unpaired) electrons. The van der Waals surface area contributed by atoms with Crippen LogP contribution >= 0.6 is 0 Å². The van der Waals surface area contributed by atoms with E-state index in [2.05, 4.69) is 39.6 Å². The van der Waals surface area contributed by atoms with E-state index in [0.717, 1.165) is 18.8 Å². The predicted molar refractivity (Wildman–Crippen MR) is 67.8 cm³/mol. The van der Waals surface area contributed by atoms with E-state index < -0.39 is 0 Å². The van der Waals surface area contributed by atoms with Gasteiger partial charge in [-0.3, -0.25) is 4.98 Å². The molecule has 4 heteroatoms. The van der Waals surface area contributed by atoms with Gasteiger partial charge in [-0.1, -0.05) is 24.3 Å². The summed E-state index contributed by atoms with van der Waals surface area (Å²) in [5, 5.41) is 3.27. The maximum atomic E-state index is 5.57. The standard InChI is InChI=1S/C13H14N4/c14-12-7-15-8-13(17-12)16-6-10-5-9-3-1-2-4-11(9)10/h1-4,7-8,10H,5-6H2,(H3,14,16,17). The van der Waals surface area contributed by atoms with Crippen molar-refractivity contribution >= 4 is 11.6 Å². The molecule has 0 amide bonds. The lowest BCUT2D eigenvalue weighted by Gasteiger charge is -2.30. The Hall–Kier alpha value is -2.10. The number of anilines is 2. The van der Waals surface area contributed by atoms with Crippen molar-refractivity contribution in [2.24, 2.45) is 0 Å². The number of aromatic nitrogens is 2. The summed E-state index contributed by atoms with van der Waals surface area (Å²) >= 11 is 0. The molecule has 4 nitrogen and oxygen atoms in total. The van der Waals surface area contributed by atoms with E-state index in [1.54, 1.807) is 12.4 Å². The van der Waals surface area contributed by atoms with Crippen LogP contribution in [0.3, 0.4) is 0 Å². The number of nitrogens with two attached hydrogens (primary N) is 1. The summed E-state index contributed by atoms with van der Waals surface area (Å²) in [5.41, 5.74) is 8.47. The van der Waals surface area contributed by atoms with Crippen LogP contribution in [0.1, 0.15) is 17.0 Å². The number of nitrogen functional groups attached to an aromatic ring is 1. The third kappa shape index (κ3) is 1.93. The highest BCUT2D eigenvalue weighted by molar-refractivity contribution is 5.43. The molecule has 2 aromatic rings. The minimum atomic E-state index is 0.448. The van der Waals surface area contributed by atoms with Gasteiger partial charge in [-0.15, -0.1) is 0 Å². The highest BCUT2D eigenvalue weighted by atomic mass is 15.0. The van der Waals surface area contributed by atoms with Crippen LogP contribution in [0.5, 0.6) is 0 Å². The molecule has 0 aliphatic heterocycles. The Morgan fingerprint density at radius 2 is 2.18 bits per heavy atom. The lowest BCUT2D eigenvalue weighted by molar-refractivity contribution is 0.634. The Morgan fingerprint density at radius 3 is 3.00 bits per heavy atom. The van der Waals surface area contributed by atoms with Crippen molar-refractivity contribution in [3.05, 3.63) is 47.8 Å². The molecule has 1 aromatic heterocycles. The molecule has 3 rings (SSSR count). The van der Waals surface area contributed by atoms with E-state index in [4.69, 9.17) is 5.73 Å². The zero-order valence-corrected chi connectivity index (χ0v) is 9.43. The number of hydrogen-bond acceptors (Lipinski definition) is 4. The first-order valence-corrected chi connectivity index (χ1v) is 5.72. The SMILES string of the molecule is Nc1cncc(NCC2Cc3ccccc32)n1. The van der Waals surface area contributed by atoms with Gasteiger partial charge < -0.3 is 11.1 Å². The largest absolute Gasteiger partial charge is 0.382 e. The van der Waals surface area contributed by atoms with Crippen molar-refractivity contribution in [3.8, 4) is 0 Å². The van der Waals surface area contributed by atoms with E-state index in [-0.39, 0.29) is 0 Å². The molecule has 1 aliphatic carbocycles.